The summed E-state index contributed by atoms with van der Waals surface area (Å²) in [5.41, 5.74) is 5.75. The van der Waals surface area contributed by atoms with Crippen molar-refractivity contribution in [1.82, 2.24) is 4.72 Å². The van der Waals surface area contributed by atoms with Crippen LogP contribution >= 0.6 is 24.0 Å². The third kappa shape index (κ3) is 5.56. The number of carbonyl (C=O) groups excluding carboxylic acids is 1. The first kappa shape index (κ1) is 22.2. The van der Waals surface area contributed by atoms with Gasteiger partial charge in [0, 0.05) is 17.6 Å². The Hall–Kier alpha value is -0.860. The van der Waals surface area contributed by atoms with E-state index in [2.05, 4.69) is 9.46 Å². The van der Waals surface area contributed by atoms with Gasteiger partial charge in [0.1, 0.15) is 0 Å². The minimum atomic E-state index is -3.94. The number of halogens is 2. The zero-order valence-corrected chi connectivity index (χ0v) is 16.4. The highest BCUT2D eigenvalue weighted by atomic mass is 35.5. The van der Waals surface area contributed by atoms with Crippen molar-refractivity contribution in [3.8, 4) is 0 Å². The van der Waals surface area contributed by atoms with Crippen LogP contribution in [0.25, 0.3) is 0 Å². The molecule has 1 unspecified atom stereocenters. The number of hydrogen-bond acceptors (Lipinski definition) is 5. The van der Waals surface area contributed by atoms with Crippen molar-refractivity contribution in [3.63, 3.8) is 0 Å². The molecule has 0 aliphatic heterocycles. The van der Waals surface area contributed by atoms with Crippen molar-refractivity contribution in [2.75, 3.05) is 13.7 Å². The van der Waals surface area contributed by atoms with Gasteiger partial charge in [-0.1, -0.05) is 30.9 Å². The number of hydrogen-bond donors (Lipinski definition) is 2. The Kier molecular flexibility index (Phi) is 8.63. The average molecular weight is 411 g/mol. The van der Waals surface area contributed by atoms with E-state index in [1.165, 1.54) is 31.7 Å². The van der Waals surface area contributed by atoms with Gasteiger partial charge in [-0.15, -0.1) is 12.4 Å². The van der Waals surface area contributed by atoms with E-state index < -0.39 is 16.0 Å². The smallest absolute Gasteiger partial charge is 0.339 e. The molecule has 1 aliphatic carbocycles. The number of nitrogens with two attached hydrogens (primary N) is 1. The highest BCUT2D eigenvalue weighted by Gasteiger charge is 2.30. The molecule has 1 saturated carbocycles. The van der Waals surface area contributed by atoms with Crippen LogP contribution < -0.4 is 10.5 Å². The molecule has 1 aromatic carbocycles. The lowest BCUT2D eigenvalue weighted by atomic mass is 9.84. The largest absolute Gasteiger partial charge is 0.465 e. The highest BCUT2D eigenvalue weighted by Crippen LogP contribution is 2.28. The molecule has 0 heterocycles. The van der Waals surface area contributed by atoms with E-state index >= 15 is 0 Å². The Morgan fingerprint density at radius 3 is 2.56 bits per heavy atom. The molecule has 1 aromatic rings. The van der Waals surface area contributed by atoms with Crippen LogP contribution in [0.4, 0.5) is 0 Å². The molecule has 142 valence electrons. The molecule has 1 aliphatic rings. The summed E-state index contributed by atoms with van der Waals surface area (Å²) in [6, 6.07) is 3.69. The second-order valence-electron chi connectivity index (χ2n) is 5.99. The molecule has 0 radical (unpaired) electrons. The van der Waals surface area contributed by atoms with Gasteiger partial charge in [0.15, 0.2) is 0 Å². The second-order valence-corrected chi connectivity index (χ2v) is 8.11. The van der Waals surface area contributed by atoms with Gasteiger partial charge in [-0.25, -0.2) is 17.9 Å². The fourth-order valence-electron chi connectivity index (χ4n) is 3.13. The van der Waals surface area contributed by atoms with Gasteiger partial charge in [0.05, 0.1) is 17.6 Å². The fourth-order valence-corrected chi connectivity index (χ4v) is 4.91. The van der Waals surface area contributed by atoms with Crippen molar-refractivity contribution >= 4 is 40.0 Å². The zero-order chi connectivity index (χ0) is 17.7. The summed E-state index contributed by atoms with van der Waals surface area (Å²) >= 11 is 5.92. The first-order chi connectivity index (χ1) is 11.4. The number of benzene rings is 1. The van der Waals surface area contributed by atoms with E-state index in [1.807, 2.05) is 0 Å². The van der Waals surface area contributed by atoms with Crippen molar-refractivity contribution in [2.45, 2.75) is 43.0 Å². The third-order valence-corrected chi connectivity index (χ3v) is 6.18. The van der Waals surface area contributed by atoms with Gasteiger partial charge in [-0.2, -0.15) is 0 Å². The minimum absolute atomic E-state index is 0. The molecule has 1 atom stereocenters. The first-order valence-electron chi connectivity index (χ1n) is 7.99. The summed E-state index contributed by atoms with van der Waals surface area (Å²) in [7, 11) is -2.74. The SMILES string of the molecule is COC(=O)c1ccc(Cl)cc1S(=O)(=O)NC(CN)C1CCCCC1.Cl. The van der Waals surface area contributed by atoms with E-state index in [4.69, 9.17) is 17.3 Å². The van der Waals surface area contributed by atoms with Crippen LogP contribution in [0.1, 0.15) is 42.5 Å². The summed E-state index contributed by atoms with van der Waals surface area (Å²) in [5.74, 6) is -0.520. The predicted octanol–water partition coefficient (Wildman–Crippen LogP) is 2.73. The molecule has 0 saturated heterocycles. The Morgan fingerprint density at radius 2 is 2.00 bits per heavy atom. The number of carbonyl (C=O) groups is 1. The normalized spacial score (nSPS) is 16.8. The van der Waals surface area contributed by atoms with Crippen LogP contribution in [-0.4, -0.2) is 34.1 Å². The molecule has 2 rings (SSSR count). The second kappa shape index (κ2) is 9.73. The molecular weight excluding hydrogens is 387 g/mol. The predicted molar refractivity (Wildman–Crippen MR) is 99.8 cm³/mol. The van der Waals surface area contributed by atoms with Gasteiger partial charge in [0.25, 0.3) is 0 Å². The Balaban J connectivity index is 0.00000312. The van der Waals surface area contributed by atoms with Crippen LogP contribution in [0, 0.1) is 5.92 Å². The Morgan fingerprint density at radius 1 is 1.36 bits per heavy atom. The molecular formula is C16H24Cl2N2O4S. The van der Waals surface area contributed by atoms with Crippen molar-refractivity contribution in [1.29, 1.82) is 0 Å². The Labute approximate surface area is 159 Å². The number of nitrogens with one attached hydrogen (secondary N) is 1. The minimum Gasteiger partial charge on any atom is -0.465 e. The van der Waals surface area contributed by atoms with E-state index in [1.54, 1.807) is 0 Å². The summed E-state index contributed by atoms with van der Waals surface area (Å²) in [5, 5.41) is 0.227. The van der Waals surface area contributed by atoms with Gasteiger partial charge in [-0.3, -0.25) is 0 Å². The molecule has 0 bridgehead atoms. The van der Waals surface area contributed by atoms with Crippen molar-refractivity contribution < 1.29 is 17.9 Å². The Bertz CT molecular complexity index is 691. The fraction of sp³-hybridized carbons (Fsp3) is 0.562. The number of ether oxygens (including phenoxy) is 1. The van der Waals surface area contributed by atoms with Crippen LogP contribution in [0.3, 0.4) is 0 Å². The van der Waals surface area contributed by atoms with Crippen molar-refractivity contribution in [3.05, 3.63) is 28.8 Å². The molecule has 1 fully saturated rings. The monoisotopic (exact) mass is 410 g/mol. The van der Waals surface area contributed by atoms with Crippen LogP contribution in [-0.2, 0) is 14.8 Å². The quantitative estimate of drug-likeness (QED) is 0.702. The summed E-state index contributed by atoms with van der Waals surface area (Å²) < 4.78 is 32.9. The molecule has 0 amide bonds. The van der Waals surface area contributed by atoms with Gasteiger partial charge >= 0.3 is 5.97 Å². The maximum atomic E-state index is 12.8. The van der Waals surface area contributed by atoms with E-state index in [0.717, 1.165) is 25.7 Å². The number of sulfonamides is 1. The maximum Gasteiger partial charge on any atom is 0.339 e. The van der Waals surface area contributed by atoms with E-state index in [9.17, 15) is 13.2 Å². The van der Waals surface area contributed by atoms with E-state index in [-0.39, 0.29) is 46.4 Å². The van der Waals surface area contributed by atoms with Gasteiger partial charge in [-0.05, 0) is 37.0 Å². The van der Waals surface area contributed by atoms with Gasteiger partial charge < -0.3 is 10.5 Å². The van der Waals surface area contributed by atoms with Crippen LogP contribution in [0.5, 0.6) is 0 Å². The molecule has 0 spiro atoms. The van der Waals surface area contributed by atoms with Crippen LogP contribution in [0.2, 0.25) is 5.02 Å². The standard InChI is InChI=1S/C16H23ClN2O4S.ClH/c1-23-16(20)13-8-7-12(17)9-15(13)24(21,22)19-14(10-18)11-5-3-2-4-6-11;/h7-9,11,14,19H,2-6,10,18H2,1H3;1H. The lowest BCUT2D eigenvalue weighted by molar-refractivity contribution is 0.0596. The topological polar surface area (TPSA) is 98.5 Å². The maximum absolute atomic E-state index is 12.8. The molecule has 25 heavy (non-hydrogen) atoms. The number of rotatable bonds is 6. The molecule has 0 aromatic heterocycles. The molecule has 6 nitrogen and oxygen atoms in total. The lowest BCUT2D eigenvalue weighted by Crippen LogP contribution is -2.46. The summed E-state index contributed by atoms with van der Waals surface area (Å²) in [6.07, 6.45) is 5.22. The zero-order valence-electron chi connectivity index (χ0n) is 14.0. The molecule has 9 heteroatoms. The first-order valence-corrected chi connectivity index (χ1v) is 9.85. The summed E-state index contributed by atoms with van der Waals surface area (Å²) in [6.45, 7) is 0.206. The average Bonchev–Trinajstić information content (AvgIpc) is 2.59. The van der Waals surface area contributed by atoms with Gasteiger partial charge in [0.2, 0.25) is 10.0 Å². The van der Waals surface area contributed by atoms with E-state index in [0.29, 0.717) is 0 Å². The third-order valence-electron chi connectivity index (χ3n) is 4.42. The van der Waals surface area contributed by atoms with Crippen molar-refractivity contribution in [2.24, 2.45) is 11.7 Å². The number of methoxy groups -OCH3 is 1. The molecule has 3 N–H and O–H groups in total. The van der Waals surface area contributed by atoms with Crippen LogP contribution in [0.15, 0.2) is 23.1 Å². The lowest BCUT2D eigenvalue weighted by Gasteiger charge is -2.30. The summed E-state index contributed by atoms with van der Waals surface area (Å²) in [4.78, 5) is 11.7. The number of esters is 1. The highest BCUT2D eigenvalue weighted by molar-refractivity contribution is 7.89.